The van der Waals surface area contributed by atoms with Crippen molar-refractivity contribution in [3.8, 4) is 0 Å². The second-order valence-corrected chi connectivity index (χ2v) is 3.57. The molecule has 0 aromatic carbocycles. The predicted octanol–water partition coefficient (Wildman–Crippen LogP) is -1.56. The maximum absolute atomic E-state index is 10.5. The monoisotopic (exact) mass is 183 g/mol. The lowest BCUT2D eigenvalue weighted by Crippen LogP contribution is -2.38. The van der Waals surface area contributed by atoms with Crippen LogP contribution in [-0.2, 0) is 15.0 Å². The Kier molecular flexibility index (Phi) is 2.45. The summed E-state index contributed by atoms with van der Waals surface area (Å²) in [5, 5.41) is 8.60. The van der Waals surface area contributed by atoms with Gasteiger partial charge in [0.15, 0.2) is 0 Å². The SMILES string of the molecule is O=S(=O)(O)N1COCC1CO. The number of rotatable bonds is 2. The van der Waals surface area contributed by atoms with E-state index in [9.17, 15) is 8.42 Å². The van der Waals surface area contributed by atoms with Crippen molar-refractivity contribution >= 4 is 10.3 Å². The van der Waals surface area contributed by atoms with Gasteiger partial charge >= 0.3 is 10.3 Å². The smallest absolute Gasteiger partial charge is 0.338 e. The molecule has 0 bridgehead atoms. The standard InChI is InChI=1S/C4H9NO5S/c6-1-4-2-10-3-5(4)11(7,8)9/h4,6H,1-3H2,(H,7,8,9). The summed E-state index contributed by atoms with van der Waals surface area (Å²) in [4.78, 5) is 0. The largest absolute Gasteiger partial charge is 0.395 e. The first-order valence-electron chi connectivity index (χ1n) is 2.98. The van der Waals surface area contributed by atoms with Gasteiger partial charge in [0.1, 0.15) is 6.73 Å². The molecule has 1 rings (SSSR count). The molecule has 7 heteroatoms. The average molecular weight is 183 g/mol. The molecule has 1 saturated heterocycles. The molecule has 0 aromatic heterocycles. The van der Waals surface area contributed by atoms with E-state index >= 15 is 0 Å². The van der Waals surface area contributed by atoms with Gasteiger partial charge in [0.05, 0.1) is 19.3 Å². The first-order valence-corrected chi connectivity index (χ1v) is 4.38. The highest BCUT2D eigenvalue weighted by molar-refractivity contribution is 7.83. The molecular formula is C4H9NO5S. The van der Waals surface area contributed by atoms with E-state index in [0.29, 0.717) is 4.31 Å². The Morgan fingerprint density at radius 2 is 2.27 bits per heavy atom. The number of hydrogen-bond acceptors (Lipinski definition) is 4. The molecule has 1 heterocycles. The van der Waals surface area contributed by atoms with Crippen LogP contribution in [0.1, 0.15) is 0 Å². The molecule has 0 amide bonds. The van der Waals surface area contributed by atoms with Gasteiger partial charge in [0.2, 0.25) is 0 Å². The van der Waals surface area contributed by atoms with Crippen molar-refractivity contribution in [2.75, 3.05) is 19.9 Å². The summed E-state index contributed by atoms with van der Waals surface area (Å²) in [5.41, 5.74) is 0. The predicted molar refractivity (Wildman–Crippen MR) is 35.1 cm³/mol. The third kappa shape index (κ3) is 1.88. The van der Waals surface area contributed by atoms with Crippen LogP contribution in [0, 0.1) is 0 Å². The zero-order valence-corrected chi connectivity index (χ0v) is 6.49. The van der Waals surface area contributed by atoms with Gasteiger partial charge in [-0.3, -0.25) is 4.55 Å². The number of ether oxygens (including phenoxy) is 1. The molecule has 2 N–H and O–H groups in total. The molecule has 0 aliphatic carbocycles. The van der Waals surface area contributed by atoms with Crippen molar-refractivity contribution in [1.82, 2.24) is 4.31 Å². The molecule has 0 aromatic rings. The lowest BCUT2D eigenvalue weighted by atomic mass is 10.4. The van der Waals surface area contributed by atoms with Gasteiger partial charge in [0.25, 0.3) is 0 Å². The van der Waals surface area contributed by atoms with Gasteiger partial charge in [-0.05, 0) is 0 Å². The van der Waals surface area contributed by atoms with Crippen molar-refractivity contribution < 1.29 is 22.8 Å². The molecule has 11 heavy (non-hydrogen) atoms. The van der Waals surface area contributed by atoms with Crippen LogP contribution in [0.3, 0.4) is 0 Å². The van der Waals surface area contributed by atoms with Crippen molar-refractivity contribution in [1.29, 1.82) is 0 Å². The van der Waals surface area contributed by atoms with E-state index in [-0.39, 0.29) is 19.9 Å². The van der Waals surface area contributed by atoms with Crippen LogP contribution in [0.4, 0.5) is 0 Å². The van der Waals surface area contributed by atoms with E-state index in [4.69, 9.17) is 14.4 Å². The van der Waals surface area contributed by atoms with Gasteiger partial charge < -0.3 is 9.84 Å². The normalized spacial score (nSPS) is 27.6. The van der Waals surface area contributed by atoms with Gasteiger partial charge in [-0.15, -0.1) is 4.31 Å². The zero-order valence-electron chi connectivity index (χ0n) is 5.67. The molecule has 1 atom stereocenters. The van der Waals surface area contributed by atoms with Crippen LogP contribution in [0.2, 0.25) is 0 Å². The maximum atomic E-state index is 10.5. The molecule has 1 fully saturated rings. The van der Waals surface area contributed by atoms with Crippen LogP contribution in [0.15, 0.2) is 0 Å². The number of aliphatic hydroxyl groups excluding tert-OH is 1. The molecule has 0 saturated carbocycles. The minimum absolute atomic E-state index is 0.121. The van der Waals surface area contributed by atoms with Gasteiger partial charge in [-0.2, -0.15) is 8.42 Å². The zero-order chi connectivity index (χ0) is 8.48. The summed E-state index contributed by atoms with van der Waals surface area (Å²) in [5.74, 6) is 0. The molecule has 6 nitrogen and oxygen atoms in total. The summed E-state index contributed by atoms with van der Waals surface area (Å²) in [7, 11) is -4.22. The number of aliphatic hydroxyl groups is 1. The molecule has 0 radical (unpaired) electrons. The fraction of sp³-hybridized carbons (Fsp3) is 1.00. The maximum Gasteiger partial charge on any atom is 0.338 e. The third-order valence-corrected chi connectivity index (χ3v) is 2.44. The summed E-state index contributed by atoms with van der Waals surface area (Å²) in [6, 6.07) is -0.648. The highest BCUT2D eigenvalue weighted by Crippen LogP contribution is 2.12. The second-order valence-electron chi connectivity index (χ2n) is 2.20. The summed E-state index contributed by atoms with van der Waals surface area (Å²) in [6.07, 6.45) is 0. The average Bonchev–Trinajstić information content (AvgIpc) is 2.31. The van der Waals surface area contributed by atoms with E-state index in [1.54, 1.807) is 0 Å². The Labute approximate surface area is 64.3 Å². The van der Waals surface area contributed by atoms with Gasteiger partial charge in [0, 0.05) is 0 Å². The lowest BCUT2D eigenvalue weighted by Gasteiger charge is -2.15. The minimum atomic E-state index is -4.22. The van der Waals surface area contributed by atoms with Crippen molar-refractivity contribution in [2.24, 2.45) is 0 Å². The first kappa shape index (κ1) is 8.88. The Hall–Kier alpha value is -0.210. The Morgan fingerprint density at radius 3 is 2.64 bits per heavy atom. The van der Waals surface area contributed by atoms with Crippen molar-refractivity contribution in [2.45, 2.75) is 6.04 Å². The van der Waals surface area contributed by atoms with Crippen LogP contribution < -0.4 is 0 Å². The van der Waals surface area contributed by atoms with Crippen LogP contribution in [-0.4, -0.2) is 48.4 Å². The van der Waals surface area contributed by atoms with Crippen LogP contribution >= 0.6 is 0 Å². The highest BCUT2D eigenvalue weighted by Gasteiger charge is 2.33. The number of hydrogen-bond donors (Lipinski definition) is 2. The summed E-state index contributed by atoms with van der Waals surface area (Å²) in [6.45, 7) is -0.417. The van der Waals surface area contributed by atoms with E-state index in [0.717, 1.165) is 0 Å². The Morgan fingerprint density at radius 1 is 1.64 bits per heavy atom. The van der Waals surface area contributed by atoms with Crippen LogP contribution in [0.25, 0.3) is 0 Å². The first-order chi connectivity index (χ1) is 5.05. The van der Waals surface area contributed by atoms with Gasteiger partial charge in [-0.25, -0.2) is 0 Å². The molecule has 0 spiro atoms. The fourth-order valence-electron chi connectivity index (χ4n) is 0.866. The molecule has 1 aliphatic heterocycles. The van der Waals surface area contributed by atoms with E-state index in [1.807, 2.05) is 0 Å². The fourth-order valence-corrected chi connectivity index (χ4v) is 1.58. The van der Waals surface area contributed by atoms with E-state index in [2.05, 4.69) is 0 Å². The van der Waals surface area contributed by atoms with E-state index in [1.165, 1.54) is 0 Å². The highest BCUT2D eigenvalue weighted by atomic mass is 32.2. The van der Waals surface area contributed by atoms with Gasteiger partial charge in [-0.1, -0.05) is 0 Å². The molecule has 66 valence electrons. The number of nitrogens with zero attached hydrogens (tertiary/aromatic N) is 1. The molecule has 1 unspecified atom stereocenters. The topological polar surface area (TPSA) is 87.1 Å². The second kappa shape index (κ2) is 3.03. The lowest BCUT2D eigenvalue weighted by molar-refractivity contribution is 0.168. The van der Waals surface area contributed by atoms with Crippen molar-refractivity contribution in [3.05, 3.63) is 0 Å². The third-order valence-electron chi connectivity index (χ3n) is 1.44. The van der Waals surface area contributed by atoms with E-state index < -0.39 is 16.3 Å². The van der Waals surface area contributed by atoms with Crippen molar-refractivity contribution in [3.63, 3.8) is 0 Å². The molecular weight excluding hydrogens is 174 g/mol. The van der Waals surface area contributed by atoms with Crippen LogP contribution in [0.5, 0.6) is 0 Å². The Balaban J connectivity index is 2.72. The minimum Gasteiger partial charge on any atom is -0.395 e. The molecule has 1 aliphatic rings. The Bertz CT molecular complexity index is 225. The quantitative estimate of drug-likeness (QED) is 0.505. The summed E-state index contributed by atoms with van der Waals surface area (Å²) < 4.78 is 34.9. The summed E-state index contributed by atoms with van der Waals surface area (Å²) >= 11 is 0.